The summed E-state index contributed by atoms with van der Waals surface area (Å²) >= 11 is 0. The molecule has 0 aromatic carbocycles. The van der Waals surface area contributed by atoms with Gasteiger partial charge in [-0.1, -0.05) is 0 Å². The van der Waals surface area contributed by atoms with Crippen LogP contribution in [0.25, 0.3) is 0 Å². The summed E-state index contributed by atoms with van der Waals surface area (Å²) in [6.45, 7) is -3.43. The number of rotatable bonds is 10. The van der Waals surface area contributed by atoms with Crippen molar-refractivity contribution >= 4 is 12.1 Å². The lowest BCUT2D eigenvalue weighted by molar-refractivity contribution is -0.342. The molecule has 5 heterocycles. The van der Waals surface area contributed by atoms with E-state index in [9.17, 15) is 81.1 Å². The third-order valence-electron chi connectivity index (χ3n) is 11.5. The number of ether oxygens (including phenoxy) is 9. The summed E-state index contributed by atoms with van der Waals surface area (Å²) in [5.41, 5.74) is 0. The molecule has 0 aromatic heterocycles. The van der Waals surface area contributed by atoms with Crippen LogP contribution in [0.5, 0.6) is 0 Å². The van der Waals surface area contributed by atoms with Gasteiger partial charge in [0.1, 0.15) is 97.7 Å². The van der Waals surface area contributed by atoms with Gasteiger partial charge in [0.05, 0.1) is 66.1 Å². The Morgan fingerprint density at radius 1 is 0.415 bits per heavy atom. The van der Waals surface area contributed by atoms with Gasteiger partial charge in [-0.3, -0.25) is 0 Å². The van der Waals surface area contributed by atoms with Crippen LogP contribution in [0.2, 0.25) is 0 Å². The van der Waals surface area contributed by atoms with Gasteiger partial charge in [0.2, 0.25) is 0 Å². The summed E-state index contributed by atoms with van der Waals surface area (Å²) in [7, 11) is 0. The van der Waals surface area contributed by atoms with Gasteiger partial charge >= 0.3 is 12.1 Å². The van der Waals surface area contributed by atoms with Crippen molar-refractivity contribution in [2.45, 2.75) is 123 Å². The molecule has 20 atom stereocenters. The van der Waals surface area contributed by atoms with Gasteiger partial charge in [-0.15, -0.1) is 0 Å². The Bertz CT molecular complexity index is 1340. The number of nitrogens with one attached hydrogen (secondary N) is 2. The van der Waals surface area contributed by atoms with Gasteiger partial charge in [-0.25, -0.2) is 9.59 Å². The minimum absolute atomic E-state index is 0.00903. The molecule has 5 fully saturated rings. The van der Waals surface area contributed by atoms with Gasteiger partial charge in [-0.05, 0) is 0 Å². The molecule has 0 bridgehead atoms. The quantitative estimate of drug-likeness (QED) is 0.0967. The van der Waals surface area contributed by atoms with E-state index < -0.39 is 161 Å². The van der Waals surface area contributed by atoms with E-state index in [0.717, 1.165) is 0 Å². The summed E-state index contributed by atoms with van der Waals surface area (Å²) in [5.74, 6) is 0. The number of hydrogen-bond donors (Lipinski definition) is 16. The lowest BCUT2D eigenvalue weighted by atomic mass is 9.96. The molecule has 5 aliphatic heterocycles. The highest BCUT2D eigenvalue weighted by molar-refractivity contribution is 5.75. The molecule has 0 radical (unpaired) electrons. The minimum atomic E-state index is -1.88. The lowest BCUT2D eigenvalue weighted by Crippen LogP contribution is -2.67. The van der Waals surface area contributed by atoms with E-state index in [1.54, 1.807) is 0 Å². The maximum Gasteiger partial charge on any atom is 0.319 e. The Balaban J connectivity index is 1.13. The fourth-order valence-corrected chi connectivity index (χ4v) is 7.60. The number of hydrogen-bond acceptors (Lipinski definition) is 25. The number of nitrogens with zero attached hydrogens (tertiary/aromatic N) is 2. The number of carbonyl (C=O) groups is 2. The van der Waals surface area contributed by atoms with Crippen molar-refractivity contribution in [2.24, 2.45) is 0 Å². The molecule has 378 valence electrons. The lowest BCUT2D eigenvalue weighted by Gasteiger charge is -2.46. The molecule has 0 unspecified atom stereocenters. The first kappa shape index (κ1) is 53.6. The third-order valence-corrected chi connectivity index (χ3v) is 11.5. The molecule has 65 heavy (non-hydrogen) atoms. The van der Waals surface area contributed by atoms with Crippen LogP contribution in [0.4, 0.5) is 9.59 Å². The van der Waals surface area contributed by atoms with Gasteiger partial charge < -0.3 is 135 Å². The van der Waals surface area contributed by atoms with Crippen LogP contribution in [0, 0.1) is 0 Å². The van der Waals surface area contributed by atoms with Gasteiger partial charge in [0, 0.05) is 26.2 Å². The maximum absolute atomic E-state index is 13.5. The number of aliphatic hydroxyl groups is 14. The SMILES string of the molecule is O=C(N[C@@H]1O[C@H](CO)[C@@H](O[C@@H]2O[C@H](CO)[C@@H](O)[C@H](O)[C@H]2O)[C@H](O)[C@H]1O)N1CCOCCOCCN(C(=O)N[C@@H]2O[C@H](CO)[C@@H](O[C@@H]3O[C@H](CO)[C@@H](O)[C@H](O)[C@H]3O)[C@H](O)[C@H]2O)CCOCC1. The average molecular weight is 953 g/mol. The number of amides is 4. The average Bonchev–Trinajstić information content (AvgIpc) is 3.31. The van der Waals surface area contributed by atoms with Crippen LogP contribution in [-0.4, -0.2) is 308 Å². The van der Waals surface area contributed by atoms with Crippen molar-refractivity contribution in [3.63, 3.8) is 0 Å². The predicted molar refractivity (Wildman–Crippen MR) is 205 cm³/mol. The highest BCUT2D eigenvalue weighted by atomic mass is 16.7. The van der Waals surface area contributed by atoms with Crippen LogP contribution >= 0.6 is 0 Å². The summed E-state index contributed by atoms with van der Waals surface area (Å²) < 4.78 is 50.0. The maximum atomic E-state index is 13.5. The topological polar surface area (TPSA) is 431 Å². The minimum Gasteiger partial charge on any atom is -0.394 e. The van der Waals surface area contributed by atoms with E-state index >= 15 is 0 Å². The Hall–Kier alpha value is -2.38. The number of carbonyl (C=O) groups excluding carboxylic acids is 2. The summed E-state index contributed by atoms with van der Waals surface area (Å²) in [6.07, 6.45) is -33.8. The highest BCUT2D eigenvalue weighted by Crippen LogP contribution is 2.30. The Kier molecular flexibility index (Phi) is 20.8. The Morgan fingerprint density at radius 3 is 1.06 bits per heavy atom. The molecule has 5 saturated heterocycles. The third kappa shape index (κ3) is 13.2. The van der Waals surface area contributed by atoms with Crippen molar-refractivity contribution in [1.29, 1.82) is 0 Å². The smallest absolute Gasteiger partial charge is 0.319 e. The molecular formula is C36H64N4O25. The van der Waals surface area contributed by atoms with Crippen LogP contribution in [0.15, 0.2) is 0 Å². The van der Waals surface area contributed by atoms with E-state index in [-0.39, 0.29) is 65.8 Å². The van der Waals surface area contributed by atoms with Crippen LogP contribution in [-0.2, 0) is 42.6 Å². The van der Waals surface area contributed by atoms with Gasteiger partial charge in [-0.2, -0.15) is 0 Å². The first-order valence-corrected chi connectivity index (χ1v) is 21.1. The molecule has 29 heteroatoms. The van der Waals surface area contributed by atoms with E-state index in [4.69, 9.17) is 42.6 Å². The Labute approximate surface area is 371 Å². The van der Waals surface area contributed by atoms with E-state index in [1.165, 1.54) is 9.80 Å². The summed E-state index contributed by atoms with van der Waals surface area (Å²) in [4.78, 5) is 29.5. The zero-order valence-electron chi connectivity index (χ0n) is 35.1. The molecule has 4 amide bonds. The van der Waals surface area contributed by atoms with Crippen LogP contribution < -0.4 is 10.6 Å². The van der Waals surface area contributed by atoms with Crippen molar-refractivity contribution in [1.82, 2.24) is 20.4 Å². The highest BCUT2D eigenvalue weighted by Gasteiger charge is 2.53. The van der Waals surface area contributed by atoms with Crippen molar-refractivity contribution < 1.29 is 124 Å². The largest absolute Gasteiger partial charge is 0.394 e. The standard InChI is InChI=1S/C36H64N4O25/c41-11-15-19(45)21(47)27(53)33(62-15)64-29-17(13-43)60-31(25(51)23(29)49)37-35(55)39-1-5-57-6-2-40(4-8-59-10-9-58-7-3-39)36(56)38-32-26(52)24(50)30(18(14-44)61-32)65-34-28(54)22(48)20(46)16(12-42)63-34/h15-34,41-54H,1-14H2,(H,37,55)(H,38,56)/t15-,16-,17-,18-,19-,20-,21+,22+,23-,24-,25-,26-,27-,28-,29-,30-,31-,32-,33+,34+/m1/s1. The first-order valence-electron chi connectivity index (χ1n) is 21.1. The van der Waals surface area contributed by atoms with Crippen molar-refractivity contribution in [2.75, 3.05) is 92.2 Å². The number of urea groups is 2. The fraction of sp³-hybridized carbons (Fsp3) is 0.944. The van der Waals surface area contributed by atoms with Crippen LogP contribution in [0.1, 0.15) is 0 Å². The van der Waals surface area contributed by atoms with Crippen LogP contribution in [0.3, 0.4) is 0 Å². The molecule has 0 aliphatic carbocycles. The van der Waals surface area contributed by atoms with E-state index in [1.807, 2.05) is 0 Å². The van der Waals surface area contributed by atoms with Gasteiger partial charge in [0.25, 0.3) is 0 Å². The summed E-state index contributed by atoms with van der Waals surface area (Å²) in [5, 5.41) is 149. The van der Waals surface area contributed by atoms with Gasteiger partial charge in [0.15, 0.2) is 25.0 Å². The molecule has 0 saturated carbocycles. The normalized spacial score (nSPS) is 43.2. The zero-order chi connectivity index (χ0) is 47.5. The summed E-state index contributed by atoms with van der Waals surface area (Å²) in [6, 6.07) is -1.65. The first-order chi connectivity index (χ1) is 31.1. The monoisotopic (exact) mass is 952 g/mol. The molecule has 29 nitrogen and oxygen atoms in total. The molecule has 0 spiro atoms. The zero-order valence-corrected chi connectivity index (χ0v) is 35.1. The molecular weight excluding hydrogens is 888 g/mol. The second-order valence-electron chi connectivity index (χ2n) is 15.8. The second-order valence-corrected chi connectivity index (χ2v) is 15.8. The molecule has 0 aromatic rings. The van der Waals surface area contributed by atoms with E-state index in [2.05, 4.69) is 10.6 Å². The fourth-order valence-electron chi connectivity index (χ4n) is 7.60. The van der Waals surface area contributed by atoms with Crippen molar-refractivity contribution in [3.8, 4) is 0 Å². The molecule has 16 N–H and O–H groups in total. The molecule has 5 aliphatic rings. The molecule has 5 rings (SSSR count). The van der Waals surface area contributed by atoms with Crippen molar-refractivity contribution in [3.05, 3.63) is 0 Å². The van der Waals surface area contributed by atoms with E-state index in [0.29, 0.717) is 0 Å². The Morgan fingerprint density at radius 2 is 0.738 bits per heavy atom. The number of aliphatic hydroxyl groups excluding tert-OH is 14. The second kappa shape index (κ2) is 25.3. The predicted octanol–water partition coefficient (Wildman–Crippen LogP) is -10.7.